The number of sulfonamides is 1. The van der Waals surface area contributed by atoms with E-state index in [0.29, 0.717) is 39.3 Å². The molecular formula is C20H25FN2O3S. The van der Waals surface area contributed by atoms with Crippen LogP contribution in [0.1, 0.15) is 11.1 Å². The first-order chi connectivity index (χ1) is 12.9. The summed E-state index contributed by atoms with van der Waals surface area (Å²) in [7, 11) is -3.32. The van der Waals surface area contributed by atoms with Gasteiger partial charge in [0, 0.05) is 32.7 Å². The Labute approximate surface area is 160 Å². The van der Waals surface area contributed by atoms with Crippen molar-refractivity contribution in [2.24, 2.45) is 0 Å². The molecule has 0 aliphatic carbocycles. The van der Waals surface area contributed by atoms with Crippen molar-refractivity contribution in [3.63, 3.8) is 0 Å². The molecule has 0 saturated carbocycles. The fourth-order valence-electron chi connectivity index (χ4n) is 3.18. The van der Waals surface area contributed by atoms with Gasteiger partial charge >= 0.3 is 0 Å². The minimum Gasteiger partial charge on any atom is -0.489 e. The summed E-state index contributed by atoms with van der Waals surface area (Å²) in [5.74, 6) is -0.0909. The molecule has 0 radical (unpaired) electrons. The van der Waals surface area contributed by atoms with Crippen LogP contribution < -0.4 is 4.74 Å². The normalized spacial score (nSPS) is 16.4. The number of ether oxygens (including phenoxy) is 1. The van der Waals surface area contributed by atoms with Crippen LogP contribution in [0, 0.1) is 12.7 Å². The van der Waals surface area contributed by atoms with Crippen molar-refractivity contribution in [3.05, 3.63) is 65.5 Å². The van der Waals surface area contributed by atoms with Crippen molar-refractivity contribution in [2.45, 2.75) is 12.7 Å². The van der Waals surface area contributed by atoms with E-state index in [1.54, 1.807) is 22.5 Å². The van der Waals surface area contributed by atoms with Gasteiger partial charge in [0.25, 0.3) is 0 Å². The van der Waals surface area contributed by atoms with Crippen LogP contribution in [-0.4, -0.2) is 57.0 Å². The molecule has 1 heterocycles. The van der Waals surface area contributed by atoms with Crippen molar-refractivity contribution in [1.29, 1.82) is 0 Å². The van der Waals surface area contributed by atoms with E-state index in [4.69, 9.17) is 4.74 Å². The molecule has 0 bridgehead atoms. The van der Waals surface area contributed by atoms with E-state index in [2.05, 4.69) is 4.90 Å². The Morgan fingerprint density at radius 2 is 1.78 bits per heavy atom. The van der Waals surface area contributed by atoms with Gasteiger partial charge < -0.3 is 4.74 Å². The number of aryl methyl sites for hydroxylation is 1. The fraction of sp³-hybridized carbons (Fsp3) is 0.400. The largest absolute Gasteiger partial charge is 0.489 e. The highest BCUT2D eigenvalue weighted by atomic mass is 32.2. The topological polar surface area (TPSA) is 49.9 Å². The average Bonchev–Trinajstić information content (AvgIpc) is 2.63. The second-order valence-corrected chi connectivity index (χ2v) is 8.73. The van der Waals surface area contributed by atoms with Gasteiger partial charge in [-0.15, -0.1) is 0 Å². The number of hydrogen-bond donors (Lipinski definition) is 0. The van der Waals surface area contributed by atoms with Crippen molar-refractivity contribution >= 4 is 10.0 Å². The molecule has 27 heavy (non-hydrogen) atoms. The van der Waals surface area contributed by atoms with E-state index >= 15 is 0 Å². The number of halogens is 1. The summed E-state index contributed by atoms with van der Waals surface area (Å²) in [4.78, 5) is 2.14. The number of para-hydroxylation sites is 1. The standard InChI is InChI=1S/C20H25FN2O3S/c1-17-5-4-6-18(15-17)16-27(24,25)23-11-9-22(10-12-23)13-14-26-20-8-3-2-7-19(20)21/h2-8,15H,9-14,16H2,1H3. The number of nitrogens with zero attached hydrogens (tertiary/aromatic N) is 2. The lowest BCUT2D eigenvalue weighted by molar-refractivity contribution is 0.157. The minimum absolute atomic E-state index is 0.0328. The molecule has 3 rings (SSSR count). The van der Waals surface area contributed by atoms with Crippen LogP contribution in [0.15, 0.2) is 48.5 Å². The summed E-state index contributed by atoms with van der Waals surface area (Å²) in [5, 5.41) is 0. The van der Waals surface area contributed by atoms with Gasteiger partial charge in [-0.25, -0.2) is 12.8 Å². The van der Waals surface area contributed by atoms with E-state index in [9.17, 15) is 12.8 Å². The summed E-state index contributed by atoms with van der Waals surface area (Å²) in [6, 6.07) is 13.9. The molecule has 1 aliphatic heterocycles. The lowest BCUT2D eigenvalue weighted by atomic mass is 10.2. The van der Waals surface area contributed by atoms with Crippen LogP contribution in [0.4, 0.5) is 4.39 Å². The quantitative estimate of drug-likeness (QED) is 0.727. The molecular weight excluding hydrogens is 367 g/mol. The molecule has 0 amide bonds. The molecule has 0 N–H and O–H groups in total. The Balaban J connectivity index is 1.46. The van der Waals surface area contributed by atoms with Gasteiger partial charge in [-0.1, -0.05) is 42.0 Å². The van der Waals surface area contributed by atoms with Crippen molar-refractivity contribution < 1.29 is 17.5 Å². The third kappa shape index (κ3) is 5.51. The smallest absolute Gasteiger partial charge is 0.218 e. The number of piperazine rings is 1. The van der Waals surface area contributed by atoms with Gasteiger partial charge in [0.2, 0.25) is 10.0 Å². The summed E-state index contributed by atoms with van der Waals surface area (Å²) in [5.41, 5.74) is 1.87. The molecule has 2 aromatic carbocycles. The first kappa shape index (κ1) is 19.8. The average molecular weight is 392 g/mol. The summed E-state index contributed by atoms with van der Waals surface area (Å²) < 4.78 is 45.9. The zero-order chi connectivity index (χ0) is 19.3. The lowest BCUT2D eigenvalue weighted by Gasteiger charge is -2.33. The molecule has 2 aromatic rings. The molecule has 1 saturated heterocycles. The summed E-state index contributed by atoms with van der Waals surface area (Å²) in [6.07, 6.45) is 0. The Morgan fingerprint density at radius 3 is 2.48 bits per heavy atom. The molecule has 7 heteroatoms. The Kier molecular flexibility index (Phi) is 6.46. The van der Waals surface area contributed by atoms with Gasteiger partial charge in [0.05, 0.1) is 5.75 Å². The van der Waals surface area contributed by atoms with Crippen LogP contribution in [0.2, 0.25) is 0 Å². The predicted octanol–water partition coefficient (Wildman–Crippen LogP) is 2.66. The number of hydrogen-bond acceptors (Lipinski definition) is 4. The maximum absolute atomic E-state index is 13.5. The Bertz CT molecular complexity index is 865. The highest BCUT2D eigenvalue weighted by Crippen LogP contribution is 2.16. The first-order valence-corrected chi connectivity index (χ1v) is 10.7. The molecule has 0 unspecified atom stereocenters. The Morgan fingerprint density at radius 1 is 1.04 bits per heavy atom. The SMILES string of the molecule is Cc1cccc(CS(=O)(=O)N2CCN(CCOc3ccccc3F)CC2)c1. The van der Waals surface area contributed by atoms with Gasteiger partial charge in [-0.05, 0) is 24.6 Å². The summed E-state index contributed by atoms with van der Waals surface area (Å²) >= 11 is 0. The van der Waals surface area contributed by atoms with Crippen molar-refractivity contribution in [2.75, 3.05) is 39.3 Å². The van der Waals surface area contributed by atoms with Crippen LogP contribution in [0.3, 0.4) is 0 Å². The second-order valence-electron chi connectivity index (χ2n) is 6.76. The third-order valence-electron chi connectivity index (χ3n) is 4.66. The second kappa shape index (κ2) is 8.82. The third-order valence-corrected chi connectivity index (χ3v) is 6.51. The van der Waals surface area contributed by atoms with Crippen LogP contribution in [0.25, 0.3) is 0 Å². The Hall–Kier alpha value is -1.96. The predicted molar refractivity (Wildman–Crippen MR) is 104 cm³/mol. The molecule has 5 nitrogen and oxygen atoms in total. The highest BCUT2D eigenvalue weighted by Gasteiger charge is 2.27. The van der Waals surface area contributed by atoms with Gasteiger partial charge in [0.15, 0.2) is 11.6 Å². The monoisotopic (exact) mass is 392 g/mol. The van der Waals surface area contributed by atoms with Gasteiger partial charge in [-0.2, -0.15) is 4.31 Å². The zero-order valence-electron chi connectivity index (χ0n) is 15.5. The molecule has 1 fully saturated rings. The maximum Gasteiger partial charge on any atom is 0.218 e. The van der Waals surface area contributed by atoms with E-state index in [1.807, 2.05) is 31.2 Å². The minimum atomic E-state index is -3.32. The summed E-state index contributed by atoms with van der Waals surface area (Å²) in [6.45, 7) is 5.19. The zero-order valence-corrected chi connectivity index (χ0v) is 16.3. The maximum atomic E-state index is 13.5. The van der Waals surface area contributed by atoms with Gasteiger partial charge in [-0.3, -0.25) is 4.90 Å². The molecule has 0 aromatic heterocycles. The van der Waals surface area contributed by atoms with Gasteiger partial charge in [0.1, 0.15) is 6.61 Å². The van der Waals surface area contributed by atoms with Crippen LogP contribution >= 0.6 is 0 Å². The molecule has 146 valence electrons. The number of rotatable bonds is 7. The van der Waals surface area contributed by atoms with Crippen LogP contribution in [0.5, 0.6) is 5.75 Å². The molecule has 0 atom stereocenters. The number of benzene rings is 2. The van der Waals surface area contributed by atoms with Crippen molar-refractivity contribution in [1.82, 2.24) is 9.21 Å². The highest BCUT2D eigenvalue weighted by molar-refractivity contribution is 7.88. The fourth-order valence-corrected chi connectivity index (χ4v) is 4.68. The molecule has 0 spiro atoms. The molecule has 1 aliphatic rings. The van der Waals surface area contributed by atoms with E-state index in [-0.39, 0.29) is 17.3 Å². The van der Waals surface area contributed by atoms with Crippen LogP contribution in [-0.2, 0) is 15.8 Å². The van der Waals surface area contributed by atoms with E-state index < -0.39 is 10.0 Å². The van der Waals surface area contributed by atoms with E-state index in [1.165, 1.54) is 6.07 Å². The van der Waals surface area contributed by atoms with Crippen molar-refractivity contribution in [3.8, 4) is 5.75 Å². The first-order valence-electron chi connectivity index (χ1n) is 9.07. The van der Waals surface area contributed by atoms with E-state index in [0.717, 1.165) is 11.1 Å². The lowest BCUT2D eigenvalue weighted by Crippen LogP contribution is -2.49.